The predicted octanol–water partition coefficient (Wildman–Crippen LogP) is 3.41. The number of rotatable bonds is 9. The molecule has 2 N–H and O–H groups in total. The summed E-state index contributed by atoms with van der Waals surface area (Å²) >= 11 is 1.43. The molecule has 1 saturated heterocycles. The van der Waals surface area contributed by atoms with Gasteiger partial charge in [-0.05, 0) is 55.4 Å². The van der Waals surface area contributed by atoms with Gasteiger partial charge in [-0.1, -0.05) is 0 Å². The van der Waals surface area contributed by atoms with Crippen LogP contribution in [0.15, 0.2) is 48.7 Å². The number of hydrogen-bond donors (Lipinski definition) is 2. The number of aromatic nitrogens is 2. The van der Waals surface area contributed by atoms with Crippen LogP contribution >= 0.6 is 11.3 Å². The molecule has 1 aromatic carbocycles. The zero-order valence-corrected chi connectivity index (χ0v) is 18.9. The Bertz CT molecular complexity index is 1020. The summed E-state index contributed by atoms with van der Waals surface area (Å²) in [5, 5.41) is 6.21. The van der Waals surface area contributed by atoms with Gasteiger partial charge < -0.3 is 20.1 Å². The summed E-state index contributed by atoms with van der Waals surface area (Å²) in [6.45, 7) is 5.17. The van der Waals surface area contributed by atoms with Crippen LogP contribution in [0.1, 0.15) is 16.1 Å². The van der Waals surface area contributed by atoms with E-state index in [9.17, 15) is 4.79 Å². The lowest BCUT2D eigenvalue weighted by atomic mass is 10.3. The van der Waals surface area contributed by atoms with Gasteiger partial charge in [-0.15, -0.1) is 11.3 Å². The van der Waals surface area contributed by atoms with Crippen molar-refractivity contribution in [2.45, 2.75) is 6.42 Å². The van der Waals surface area contributed by atoms with Gasteiger partial charge >= 0.3 is 0 Å². The average Bonchev–Trinajstić information content (AvgIpc) is 3.34. The molecule has 0 bridgehead atoms. The number of anilines is 2. The average molecular weight is 454 g/mol. The van der Waals surface area contributed by atoms with Gasteiger partial charge in [0.25, 0.3) is 5.91 Å². The van der Waals surface area contributed by atoms with E-state index in [1.165, 1.54) is 11.3 Å². The van der Waals surface area contributed by atoms with Crippen LogP contribution in [0.4, 0.5) is 11.6 Å². The van der Waals surface area contributed by atoms with Crippen LogP contribution in [-0.2, 0) is 4.74 Å². The molecule has 3 heterocycles. The highest BCUT2D eigenvalue weighted by atomic mass is 32.1. The molecule has 8 nitrogen and oxygen atoms in total. The summed E-state index contributed by atoms with van der Waals surface area (Å²) in [6, 6.07) is 13.2. The number of methoxy groups -OCH3 is 1. The molecule has 1 aliphatic rings. The van der Waals surface area contributed by atoms with Crippen molar-refractivity contribution < 1.29 is 14.3 Å². The van der Waals surface area contributed by atoms with Crippen molar-refractivity contribution in [3.05, 3.63) is 53.5 Å². The molecule has 0 radical (unpaired) electrons. The van der Waals surface area contributed by atoms with E-state index in [0.29, 0.717) is 17.4 Å². The minimum Gasteiger partial charge on any atom is -0.497 e. The fraction of sp³-hybridized carbons (Fsp3) is 0.348. The Morgan fingerprint density at radius 3 is 2.75 bits per heavy atom. The van der Waals surface area contributed by atoms with Gasteiger partial charge in [0.15, 0.2) is 0 Å². The predicted molar refractivity (Wildman–Crippen MR) is 126 cm³/mol. The first kappa shape index (κ1) is 22.2. The van der Waals surface area contributed by atoms with E-state index in [4.69, 9.17) is 9.47 Å². The largest absolute Gasteiger partial charge is 0.497 e. The number of benzene rings is 1. The van der Waals surface area contributed by atoms with E-state index >= 15 is 0 Å². The Morgan fingerprint density at radius 1 is 1.16 bits per heavy atom. The smallest absolute Gasteiger partial charge is 0.261 e. The lowest BCUT2D eigenvalue weighted by Crippen LogP contribution is -2.38. The maximum Gasteiger partial charge on any atom is 0.261 e. The zero-order chi connectivity index (χ0) is 22.2. The van der Waals surface area contributed by atoms with E-state index in [-0.39, 0.29) is 5.91 Å². The molecular weight excluding hydrogens is 426 g/mol. The maximum absolute atomic E-state index is 12.5. The molecule has 168 valence electrons. The van der Waals surface area contributed by atoms with Crippen LogP contribution in [0.25, 0.3) is 10.6 Å². The molecule has 2 aromatic heterocycles. The Balaban J connectivity index is 1.31. The monoisotopic (exact) mass is 453 g/mol. The van der Waals surface area contributed by atoms with Gasteiger partial charge in [-0.2, -0.15) is 0 Å². The second-order valence-corrected chi connectivity index (χ2v) is 8.43. The highest BCUT2D eigenvalue weighted by molar-refractivity contribution is 7.17. The third kappa shape index (κ3) is 6.03. The molecule has 1 aliphatic heterocycles. The number of ether oxygens (including phenoxy) is 2. The Labute approximate surface area is 191 Å². The van der Waals surface area contributed by atoms with Gasteiger partial charge in [-0.3, -0.25) is 9.69 Å². The molecule has 1 amide bonds. The third-order valence-electron chi connectivity index (χ3n) is 5.12. The van der Waals surface area contributed by atoms with Crippen molar-refractivity contribution in [3.63, 3.8) is 0 Å². The molecule has 0 atom stereocenters. The van der Waals surface area contributed by atoms with E-state index < -0.39 is 0 Å². The van der Waals surface area contributed by atoms with Crippen molar-refractivity contribution in [2.75, 3.05) is 51.8 Å². The minimum absolute atomic E-state index is 0.0473. The van der Waals surface area contributed by atoms with Gasteiger partial charge in [0, 0.05) is 31.5 Å². The number of amides is 1. The third-order valence-corrected chi connectivity index (χ3v) is 6.23. The summed E-state index contributed by atoms with van der Waals surface area (Å²) in [5.41, 5.74) is 1.64. The molecule has 0 aliphatic carbocycles. The minimum atomic E-state index is -0.0473. The first-order valence-electron chi connectivity index (χ1n) is 10.6. The summed E-state index contributed by atoms with van der Waals surface area (Å²) in [5.74, 6) is 1.24. The summed E-state index contributed by atoms with van der Waals surface area (Å²) in [7, 11) is 1.63. The number of hydrogen-bond acceptors (Lipinski definition) is 8. The Morgan fingerprint density at radius 2 is 1.97 bits per heavy atom. The lowest BCUT2D eigenvalue weighted by Gasteiger charge is -2.26. The van der Waals surface area contributed by atoms with E-state index in [2.05, 4.69) is 25.5 Å². The Hall–Kier alpha value is -3.01. The van der Waals surface area contributed by atoms with Crippen molar-refractivity contribution in [1.29, 1.82) is 0 Å². The van der Waals surface area contributed by atoms with Crippen LogP contribution in [-0.4, -0.2) is 67.3 Å². The lowest BCUT2D eigenvalue weighted by molar-refractivity contribution is 0.0374. The van der Waals surface area contributed by atoms with E-state index in [1.807, 2.05) is 42.5 Å². The van der Waals surface area contributed by atoms with Crippen molar-refractivity contribution >= 4 is 28.9 Å². The maximum atomic E-state index is 12.5. The molecule has 1 fully saturated rings. The fourth-order valence-corrected chi connectivity index (χ4v) is 4.27. The molecule has 9 heteroatoms. The van der Waals surface area contributed by atoms with Crippen molar-refractivity contribution in [3.8, 4) is 16.3 Å². The van der Waals surface area contributed by atoms with E-state index in [0.717, 1.165) is 61.3 Å². The van der Waals surface area contributed by atoms with Gasteiger partial charge in [-0.25, -0.2) is 9.97 Å². The van der Waals surface area contributed by atoms with Crippen molar-refractivity contribution in [2.24, 2.45) is 0 Å². The fourth-order valence-electron chi connectivity index (χ4n) is 3.37. The summed E-state index contributed by atoms with van der Waals surface area (Å²) in [6.07, 6.45) is 2.63. The summed E-state index contributed by atoms with van der Waals surface area (Å²) < 4.78 is 10.5. The number of carbonyl (C=O) groups excluding carboxylic acids is 1. The molecule has 4 rings (SSSR count). The first-order chi connectivity index (χ1) is 15.7. The van der Waals surface area contributed by atoms with Gasteiger partial charge in [0.05, 0.1) is 35.8 Å². The number of thiophene rings is 1. The van der Waals surface area contributed by atoms with Gasteiger partial charge in [0.1, 0.15) is 5.75 Å². The number of carbonyl (C=O) groups is 1. The van der Waals surface area contributed by atoms with E-state index in [1.54, 1.807) is 13.3 Å². The van der Waals surface area contributed by atoms with Gasteiger partial charge in [0.2, 0.25) is 5.95 Å². The van der Waals surface area contributed by atoms with Crippen LogP contribution in [0.2, 0.25) is 0 Å². The summed E-state index contributed by atoms with van der Waals surface area (Å²) in [4.78, 5) is 25.4. The molecular formula is C23H27N5O3S. The van der Waals surface area contributed by atoms with Crippen LogP contribution in [0.3, 0.4) is 0 Å². The quantitative estimate of drug-likeness (QED) is 0.480. The normalized spacial score (nSPS) is 14.2. The molecule has 0 spiro atoms. The number of morpholine rings is 1. The van der Waals surface area contributed by atoms with Crippen molar-refractivity contribution in [1.82, 2.24) is 20.2 Å². The first-order valence-corrected chi connectivity index (χ1v) is 11.5. The SMILES string of the molecule is COc1ccc(Nc2nccc(-c3ccc(C(=O)NCCCN4CCOCC4)s3)n2)cc1. The number of nitrogens with zero attached hydrogens (tertiary/aromatic N) is 3. The molecule has 0 unspecified atom stereocenters. The number of nitrogens with one attached hydrogen (secondary N) is 2. The standard InChI is InChI=1S/C23H27N5O3S/c1-30-18-5-3-17(4-6-18)26-23-25-11-9-19(27-23)20-7-8-21(32-20)22(29)24-10-2-12-28-13-15-31-16-14-28/h3-9,11H,2,10,12-16H2,1H3,(H,24,29)(H,25,26,27). The molecule has 32 heavy (non-hydrogen) atoms. The molecule has 3 aromatic rings. The molecule has 0 saturated carbocycles. The van der Waals surface area contributed by atoms with Crippen LogP contribution in [0.5, 0.6) is 5.75 Å². The van der Waals surface area contributed by atoms with Crippen LogP contribution < -0.4 is 15.4 Å². The zero-order valence-electron chi connectivity index (χ0n) is 18.0. The Kier molecular flexibility index (Phi) is 7.65. The highest BCUT2D eigenvalue weighted by Gasteiger charge is 2.13. The second kappa shape index (κ2) is 11.0. The van der Waals surface area contributed by atoms with Crippen LogP contribution in [0, 0.1) is 0 Å². The highest BCUT2D eigenvalue weighted by Crippen LogP contribution is 2.27. The second-order valence-electron chi connectivity index (χ2n) is 7.35. The topological polar surface area (TPSA) is 88.6 Å².